The van der Waals surface area contributed by atoms with E-state index in [9.17, 15) is 0 Å². The minimum Gasteiger partial charge on any atom is -0.493 e. The number of ether oxygens (including phenoxy) is 1. The monoisotopic (exact) mass is 327 g/mol. The number of thioether (sulfide) groups is 1. The Morgan fingerprint density at radius 1 is 1.30 bits per heavy atom. The average Bonchev–Trinajstić information content (AvgIpc) is 3.15. The van der Waals surface area contributed by atoms with E-state index in [-0.39, 0.29) is 0 Å². The molecule has 7 heteroatoms. The van der Waals surface area contributed by atoms with Gasteiger partial charge in [-0.25, -0.2) is 0 Å². The van der Waals surface area contributed by atoms with Crippen molar-refractivity contribution in [3.63, 3.8) is 0 Å². The standard InChI is InChI=1S/C13H14ClN3OS2/c14-9-1-5-11(6-2-9)18-7-8-19-13-17-16-12(20-13)15-10-3-4-10/h1-2,5-6,10H,3-4,7-8H2,(H,15,16). The van der Waals surface area contributed by atoms with Crippen molar-refractivity contribution in [3.05, 3.63) is 29.3 Å². The van der Waals surface area contributed by atoms with Crippen LogP contribution in [-0.2, 0) is 0 Å². The van der Waals surface area contributed by atoms with E-state index < -0.39 is 0 Å². The molecule has 1 aliphatic rings. The largest absolute Gasteiger partial charge is 0.493 e. The van der Waals surface area contributed by atoms with Gasteiger partial charge in [-0.1, -0.05) is 34.7 Å². The zero-order valence-electron chi connectivity index (χ0n) is 10.7. The first kappa shape index (κ1) is 14.0. The van der Waals surface area contributed by atoms with Gasteiger partial charge in [-0.2, -0.15) is 0 Å². The highest BCUT2D eigenvalue weighted by Gasteiger charge is 2.22. The fourth-order valence-corrected chi connectivity index (χ4v) is 3.39. The van der Waals surface area contributed by atoms with Gasteiger partial charge in [-0.05, 0) is 37.1 Å². The highest BCUT2D eigenvalue weighted by Crippen LogP contribution is 2.30. The molecule has 1 aromatic heterocycles. The molecule has 1 N–H and O–H groups in total. The first-order chi connectivity index (χ1) is 9.79. The lowest BCUT2D eigenvalue weighted by molar-refractivity contribution is 0.344. The van der Waals surface area contributed by atoms with Crippen molar-refractivity contribution in [2.75, 3.05) is 17.7 Å². The van der Waals surface area contributed by atoms with Crippen LogP contribution < -0.4 is 10.1 Å². The lowest BCUT2D eigenvalue weighted by Gasteiger charge is -2.04. The molecule has 0 saturated heterocycles. The van der Waals surface area contributed by atoms with Gasteiger partial charge in [0, 0.05) is 16.8 Å². The van der Waals surface area contributed by atoms with E-state index in [2.05, 4.69) is 15.5 Å². The zero-order chi connectivity index (χ0) is 13.8. The minimum atomic E-state index is 0.619. The van der Waals surface area contributed by atoms with Crippen LogP contribution in [-0.4, -0.2) is 28.6 Å². The molecule has 106 valence electrons. The molecule has 1 aromatic carbocycles. The maximum Gasteiger partial charge on any atom is 0.206 e. The quantitative estimate of drug-likeness (QED) is 0.616. The third-order valence-electron chi connectivity index (χ3n) is 2.70. The minimum absolute atomic E-state index is 0.619. The summed E-state index contributed by atoms with van der Waals surface area (Å²) in [5.41, 5.74) is 0. The molecular weight excluding hydrogens is 314 g/mol. The van der Waals surface area contributed by atoms with Crippen LogP contribution in [0.4, 0.5) is 5.13 Å². The summed E-state index contributed by atoms with van der Waals surface area (Å²) in [6.45, 7) is 0.636. The second-order valence-electron chi connectivity index (χ2n) is 4.44. The third kappa shape index (κ3) is 4.26. The molecule has 0 radical (unpaired) electrons. The van der Waals surface area contributed by atoms with Crippen LogP contribution in [0.25, 0.3) is 0 Å². The number of halogens is 1. The Bertz CT molecular complexity index is 557. The molecule has 1 heterocycles. The summed E-state index contributed by atoms with van der Waals surface area (Å²) >= 11 is 9.09. The van der Waals surface area contributed by atoms with Crippen molar-refractivity contribution >= 4 is 39.8 Å². The second-order valence-corrected chi connectivity index (χ2v) is 7.20. The third-order valence-corrected chi connectivity index (χ3v) is 4.91. The lowest BCUT2D eigenvalue weighted by atomic mass is 10.3. The maximum atomic E-state index is 5.82. The van der Waals surface area contributed by atoms with Gasteiger partial charge in [0.25, 0.3) is 0 Å². The molecule has 4 nitrogen and oxygen atoms in total. The zero-order valence-corrected chi connectivity index (χ0v) is 13.1. The van der Waals surface area contributed by atoms with Crippen molar-refractivity contribution in [1.29, 1.82) is 0 Å². The molecule has 0 unspecified atom stereocenters. The number of anilines is 1. The lowest BCUT2D eigenvalue weighted by Crippen LogP contribution is -1.99. The van der Waals surface area contributed by atoms with E-state index in [0.29, 0.717) is 12.6 Å². The van der Waals surface area contributed by atoms with E-state index in [1.807, 2.05) is 24.3 Å². The summed E-state index contributed by atoms with van der Waals surface area (Å²) in [5, 5.41) is 13.3. The van der Waals surface area contributed by atoms with Gasteiger partial charge < -0.3 is 10.1 Å². The summed E-state index contributed by atoms with van der Waals surface area (Å²) in [7, 11) is 0. The molecule has 2 aromatic rings. The topological polar surface area (TPSA) is 47.0 Å². The van der Waals surface area contributed by atoms with Gasteiger partial charge in [-0.15, -0.1) is 10.2 Å². The van der Waals surface area contributed by atoms with Crippen LogP contribution in [0.2, 0.25) is 5.02 Å². The first-order valence-corrected chi connectivity index (χ1v) is 8.59. The van der Waals surface area contributed by atoms with E-state index in [4.69, 9.17) is 16.3 Å². The Balaban J connectivity index is 1.38. The van der Waals surface area contributed by atoms with Crippen molar-refractivity contribution in [1.82, 2.24) is 10.2 Å². The molecule has 1 aliphatic carbocycles. The summed E-state index contributed by atoms with van der Waals surface area (Å²) in [5.74, 6) is 1.68. The number of nitrogens with one attached hydrogen (secondary N) is 1. The van der Waals surface area contributed by atoms with Gasteiger partial charge in [0.1, 0.15) is 5.75 Å². The van der Waals surface area contributed by atoms with Gasteiger partial charge in [0.2, 0.25) is 5.13 Å². The molecule has 0 amide bonds. The SMILES string of the molecule is Clc1ccc(OCCSc2nnc(NC3CC3)s2)cc1. The fourth-order valence-electron chi connectivity index (χ4n) is 1.55. The predicted octanol–water partition coefficient (Wildman–Crippen LogP) is 3.94. The molecule has 3 rings (SSSR count). The van der Waals surface area contributed by atoms with Crippen LogP contribution in [0, 0.1) is 0 Å². The number of aromatic nitrogens is 2. The molecule has 0 atom stereocenters. The van der Waals surface area contributed by atoms with E-state index >= 15 is 0 Å². The Morgan fingerprint density at radius 2 is 2.10 bits per heavy atom. The Labute approximate surface area is 130 Å². The summed E-state index contributed by atoms with van der Waals surface area (Å²) in [6, 6.07) is 8.01. The van der Waals surface area contributed by atoms with Crippen molar-refractivity contribution in [2.45, 2.75) is 23.2 Å². The van der Waals surface area contributed by atoms with Crippen molar-refractivity contribution in [2.24, 2.45) is 0 Å². The maximum absolute atomic E-state index is 5.82. The Morgan fingerprint density at radius 3 is 2.85 bits per heavy atom. The molecule has 1 saturated carbocycles. The number of benzene rings is 1. The molecular formula is C13H14ClN3OS2. The molecule has 20 heavy (non-hydrogen) atoms. The van der Waals surface area contributed by atoms with Gasteiger partial charge >= 0.3 is 0 Å². The summed E-state index contributed by atoms with van der Waals surface area (Å²) < 4.78 is 6.60. The number of hydrogen-bond donors (Lipinski definition) is 1. The second kappa shape index (κ2) is 6.65. The molecule has 1 fully saturated rings. The molecule has 0 spiro atoms. The summed E-state index contributed by atoms with van der Waals surface area (Å²) in [4.78, 5) is 0. The first-order valence-electron chi connectivity index (χ1n) is 6.41. The Kier molecular flexibility index (Phi) is 4.65. The molecule has 0 aliphatic heterocycles. The van der Waals surface area contributed by atoms with Crippen LogP contribution >= 0.6 is 34.7 Å². The van der Waals surface area contributed by atoms with Gasteiger partial charge in [-0.3, -0.25) is 0 Å². The molecule has 0 bridgehead atoms. The van der Waals surface area contributed by atoms with Crippen LogP contribution in [0.15, 0.2) is 28.6 Å². The van der Waals surface area contributed by atoms with Crippen molar-refractivity contribution in [3.8, 4) is 5.75 Å². The fraction of sp³-hybridized carbons (Fsp3) is 0.385. The van der Waals surface area contributed by atoms with Crippen molar-refractivity contribution < 1.29 is 4.74 Å². The Hall–Kier alpha value is -0.980. The highest BCUT2D eigenvalue weighted by molar-refractivity contribution is 8.01. The van der Waals surface area contributed by atoms with Gasteiger partial charge in [0.15, 0.2) is 4.34 Å². The van der Waals surface area contributed by atoms with E-state index in [1.165, 1.54) is 12.8 Å². The van der Waals surface area contributed by atoms with Gasteiger partial charge in [0.05, 0.1) is 6.61 Å². The van der Waals surface area contributed by atoms with Crippen LogP contribution in [0.3, 0.4) is 0 Å². The van der Waals surface area contributed by atoms with Crippen LogP contribution in [0.1, 0.15) is 12.8 Å². The predicted molar refractivity (Wildman–Crippen MR) is 84.2 cm³/mol. The number of nitrogens with zero attached hydrogens (tertiary/aromatic N) is 2. The summed E-state index contributed by atoms with van der Waals surface area (Å²) in [6.07, 6.45) is 2.49. The smallest absolute Gasteiger partial charge is 0.206 e. The normalized spacial score (nSPS) is 14.2. The number of hydrogen-bond acceptors (Lipinski definition) is 6. The van der Waals surface area contributed by atoms with E-state index in [0.717, 1.165) is 26.0 Å². The van der Waals surface area contributed by atoms with E-state index in [1.54, 1.807) is 23.1 Å². The number of rotatable bonds is 7. The average molecular weight is 328 g/mol. The highest BCUT2D eigenvalue weighted by atomic mass is 35.5. The van der Waals surface area contributed by atoms with Crippen LogP contribution in [0.5, 0.6) is 5.75 Å².